The van der Waals surface area contributed by atoms with Crippen LogP contribution in [-0.2, 0) is 28.9 Å². The van der Waals surface area contributed by atoms with Gasteiger partial charge >= 0.3 is 103 Å². The molecular weight excluding hydrogens is 1370 g/mol. The van der Waals surface area contributed by atoms with Gasteiger partial charge in [-0.05, 0) is 255 Å². The van der Waals surface area contributed by atoms with Gasteiger partial charge in [-0.3, -0.25) is 48.3 Å². The number of alkyl halides is 1. The second-order valence-electron chi connectivity index (χ2n) is 31.1. The van der Waals surface area contributed by atoms with Gasteiger partial charge in [0.1, 0.15) is 5.88 Å². The summed E-state index contributed by atoms with van der Waals surface area (Å²) in [4.78, 5) is 86.6. The predicted molar refractivity (Wildman–Crippen MR) is 389 cm³/mol. The van der Waals surface area contributed by atoms with Crippen LogP contribution < -0.4 is 151 Å². The zero-order chi connectivity index (χ0) is 74.9. The van der Waals surface area contributed by atoms with Crippen molar-refractivity contribution in [2.45, 2.75) is 197 Å². The number of piperidine rings is 5. The van der Waals surface area contributed by atoms with Crippen LogP contribution in [0.25, 0.3) is 0 Å². The van der Waals surface area contributed by atoms with Crippen LogP contribution in [0.4, 0.5) is 0 Å². The maximum Gasteiger partial charge on any atom is 1.00 e. The Balaban J connectivity index is -0.000000556. The van der Waals surface area contributed by atoms with E-state index in [-0.39, 0.29) is 190 Å². The number of carbonyl (C=O) groups excluding carboxylic acids is 7. The van der Waals surface area contributed by atoms with Crippen LogP contribution in [-0.4, -0.2) is 182 Å². The van der Waals surface area contributed by atoms with E-state index in [4.69, 9.17) is 54.8 Å². The normalized spacial score (nSPS) is 17.6. The zero-order valence-electron chi connectivity index (χ0n) is 65.0. The van der Waals surface area contributed by atoms with E-state index in [1.807, 2.05) is 133 Å². The van der Waals surface area contributed by atoms with Crippen molar-refractivity contribution in [1.29, 1.82) is 15.8 Å². The van der Waals surface area contributed by atoms with Crippen LogP contribution in [0.1, 0.15) is 197 Å². The van der Waals surface area contributed by atoms with Gasteiger partial charge in [-0.1, -0.05) is 62.4 Å². The van der Waals surface area contributed by atoms with Gasteiger partial charge in [0.25, 0.3) is 17.6 Å². The van der Waals surface area contributed by atoms with Crippen LogP contribution in [0.2, 0.25) is 0 Å². The Labute approximate surface area is 696 Å². The van der Waals surface area contributed by atoms with E-state index in [2.05, 4.69) is 88.9 Å². The van der Waals surface area contributed by atoms with Crippen LogP contribution in [0.5, 0.6) is 0 Å². The van der Waals surface area contributed by atoms with E-state index in [9.17, 15) is 28.8 Å². The third-order valence-corrected chi connectivity index (χ3v) is 16.8. The summed E-state index contributed by atoms with van der Waals surface area (Å²) in [6.07, 6.45) is 9.92. The van der Waals surface area contributed by atoms with E-state index >= 15 is 0 Å². The third-order valence-electron chi connectivity index (χ3n) is 16.4. The first-order valence-corrected chi connectivity index (χ1v) is 35.1. The maximum atomic E-state index is 12.2. The van der Waals surface area contributed by atoms with Crippen molar-refractivity contribution in [3.63, 3.8) is 0 Å². The number of nitrogens with one attached hydrogen (secondary N) is 7. The minimum absolute atomic E-state index is 0. The minimum Gasteiger partial charge on any atom is -1.00 e. The average molecular weight is 1490 g/mol. The molecular formula is C73H122Cl2K2N14O9. The Hall–Kier alpha value is -3.03. The van der Waals surface area contributed by atoms with E-state index in [1.165, 1.54) is 0 Å². The molecule has 5 fully saturated rings. The van der Waals surface area contributed by atoms with E-state index in [0.29, 0.717) is 43.2 Å². The van der Waals surface area contributed by atoms with Crippen molar-refractivity contribution in [1.82, 2.24) is 51.9 Å². The number of halogens is 2. The van der Waals surface area contributed by atoms with Gasteiger partial charge in [0, 0.05) is 58.8 Å². The molecule has 5 saturated heterocycles. The molecule has 0 saturated carbocycles. The predicted octanol–water partition coefficient (Wildman–Crippen LogP) is 2.09. The summed E-state index contributed by atoms with van der Waals surface area (Å²) in [5, 5.41) is 55.3. The first kappa shape index (κ1) is 101. The number of hydrogen-bond donors (Lipinski definition) is 8. The van der Waals surface area contributed by atoms with Crippen molar-refractivity contribution < 1.29 is 148 Å². The van der Waals surface area contributed by atoms with Gasteiger partial charge in [0.15, 0.2) is 0 Å². The van der Waals surface area contributed by atoms with Gasteiger partial charge in [0.05, 0.1) is 48.7 Å². The molecule has 5 aliphatic rings. The molecule has 554 valence electrons. The number of nitrogens with two attached hydrogens (primary N) is 1. The second-order valence-corrected chi connectivity index (χ2v) is 31.7. The van der Waals surface area contributed by atoms with Gasteiger partial charge in [-0.15, -0.1) is 11.6 Å². The maximum absolute atomic E-state index is 12.2. The van der Waals surface area contributed by atoms with Crippen molar-refractivity contribution in [2.75, 3.05) is 104 Å². The topological polar surface area (TPSA) is 343 Å². The van der Waals surface area contributed by atoms with Crippen molar-refractivity contribution in [2.24, 2.45) is 33.3 Å². The molecule has 5 heterocycles. The van der Waals surface area contributed by atoms with E-state index < -0.39 is 5.24 Å². The first-order valence-electron chi connectivity index (χ1n) is 34.1. The van der Waals surface area contributed by atoms with Crippen molar-refractivity contribution in [3.8, 4) is 18.2 Å². The smallest absolute Gasteiger partial charge is 1.00 e. The number of benzene rings is 2. The fourth-order valence-electron chi connectivity index (χ4n) is 10.2. The molecule has 5 aliphatic heterocycles. The molecule has 0 spiro atoms. The molecule has 7 rings (SSSR count). The molecule has 0 atom stereocenters. The third kappa shape index (κ3) is 52.0. The molecule has 0 aromatic heterocycles. The van der Waals surface area contributed by atoms with Crippen LogP contribution in [0, 0.1) is 61.6 Å². The van der Waals surface area contributed by atoms with Crippen LogP contribution in [0.15, 0.2) is 60.7 Å². The average Bonchev–Trinajstić information content (AvgIpc) is 0.858. The number of likely N-dealkylation sites (tertiary alicyclic amines) is 3. The number of hydrogen-bond acceptors (Lipinski definition) is 18. The Kier molecular flexibility index (Phi) is 52.6. The summed E-state index contributed by atoms with van der Waals surface area (Å²) in [6.45, 7) is 44.3. The SMILES string of the molecule is CC(C)(C)NC(=O)CCl.CC1(C#N)CCN(CC(=O)NC(C)(C)C)CC1.CC1(C#N)CCNCC1.CC1(CN)CCN(CC(=O)NC(C)(C)C)CC1.CC1(CNC(=O)c2ccccc2)CCN(CC(=O)NC(C)(C)C)CC1.N#CC1CCNCC1.O=C(Cl)c1ccccc1.O=CO[O-].[H-].[K+].[K+]. The summed E-state index contributed by atoms with van der Waals surface area (Å²) in [5.74, 6) is 0.492. The molecule has 27 heteroatoms. The molecule has 100 heavy (non-hydrogen) atoms. The molecule has 9 N–H and O–H groups in total. The second kappa shape index (κ2) is 52.0. The van der Waals surface area contributed by atoms with Gasteiger partial charge in [0.2, 0.25) is 23.6 Å². The fourth-order valence-corrected chi connectivity index (χ4v) is 10.4. The molecule has 2 aromatic carbocycles. The largest absolute Gasteiger partial charge is 1.00 e. The first-order chi connectivity index (χ1) is 45.5. The molecule has 0 unspecified atom stereocenters. The van der Waals surface area contributed by atoms with Crippen LogP contribution in [0.3, 0.4) is 0 Å². The minimum atomic E-state index is -0.407. The monoisotopic (exact) mass is 1490 g/mol. The Morgan fingerprint density at radius 3 is 1.16 bits per heavy atom. The van der Waals surface area contributed by atoms with Crippen molar-refractivity contribution >= 4 is 64.5 Å². The summed E-state index contributed by atoms with van der Waals surface area (Å²) < 4.78 is 0. The number of nitrogens with zero attached hydrogens (tertiary/aromatic N) is 6. The number of carbonyl (C=O) groups is 7. The molecule has 2 aromatic rings. The zero-order valence-corrected chi connectivity index (χ0v) is 71.8. The Bertz CT molecular complexity index is 2790. The fraction of sp³-hybridized carbons (Fsp3) is 0.699. The Morgan fingerprint density at radius 2 is 0.890 bits per heavy atom. The number of nitriles is 3. The molecule has 0 aliphatic carbocycles. The van der Waals surface area contributed by atoms with Gasteiger partial charge in [-0.25, -0.2) is 0 Å². The molecule has 5 amide bonds. The number of amides is 5. The van der Waals surface area contributed by atoms with Crippen LogP contribution >= 0.6 is 23.2 Å². The van der Waals surface area contributed by atoms with Gasteiger partial charge < -0.3 is 54.5 Å². The number of rotatable bonds is 13. The Morgan fingerprint density at radius 1 is 0.570 bits per heavy atom. The van der Waals surface area contributed by atoms with E-state index in [0.717, 1.165) is 136 Å². The standard InChI is InChI=1S/C20H31N3O2.C13H27N3O.C13H23N3O.C7H5ClO.C7H12N2.C6H12ClNO.C6H10N2.CH2O3.2K.H/c1-19(2,3)22-17(24)14-23-12-10-20(4,11-13-23)15-21-18(25)16-8-6-5-7-9-16;2*1-12(2,3)15-11(17)9-16-7-5-13(4,10-14)6-8-16;8-7(9)6-4-2-1-3-5-6;1-7(6-8)2-4-9-5-3-7;1-6(2,3)8-5(9)4-7;7-5-6-1-3-8-4-2-6;2-1-4-3;;;/h5-9H,10-15H2,1-4H3,(H,21,25)(H,22,24);5-10,14H2,1-4H3,(H,15,17);5-9H2,1-4H3,(H,15,17);1-5H;9H,2-5H2,1H3;4H2,1-3H3,(H,8,9);6,8H,1-4H2;1,3H;;;/q;;;;;;;;2*+1;-1/p-1. The van der Waals surface area contributed by atoms with E-state index in [1.54, 1.807) is 24.3 Å². The molecule has 23 nitrogen and oxygen atoms in total. The summed E-state index contributed by atoms with van der Waals surface area (Å²) in [7, 11) is 0. The summed E-state index contributed by atoms with van der Waals surface area (Å²) >= 11 is 10.4. The molecule has 0 bridgehead atoms. The van der Waals surface area contributed by atoms with Gasteiger partial charge in [-0.2, -0.15) is 15.8 Å². The summed E-state index contributed by atoms with van der Waals surface area (Å²) in [5.41, 5.74) is 6.47. The van der Waals surface area contributed by atoms with Crippen molar-refractivity contribution in [3.05, 3.63) is 71.8 Å². The summed E-state index contributed by atoms with van der Waals surface area (Å²) in [6, 6.07) is 25.0. The quantitative estimate of drug-likeness (QED) is 0.0355. The molecule has 0 radical (unpaired) electrons.